The Hall–Kier alpha value is -2.39. The molecule has 1 aliphatic rings. The number of likely N-dealkylation sites (tertiary alicyclic amines) is 1. The summed E-state index contributed by atoms with van der Waals surface area (Å²) < 4.78 is 13.5. The van der Waals surface area contributed by atoms with Gasteiger partial charge in [0.05, 0.1) is 31.5 Å². The number of hydrogen-bond acceptors (Lipinski definition) is 7. The topological polar surface area (TPSA) is 101 Å². The van der Waals surface area contributed by atoms with Gasteiger partial charge in [0.1, 0.15) is 11.0 Å². The van der Waals surface area contributed by atoms with E-state index < -0.39 is 0 Å². The van der Waals surface area contributed by atoms with Crippen molar-refractivity contribution in [1.29, 1.82) is 0 Å². The van der Waals surface area contributed by atoms with Crippen molar-refractivity contribution in [3.05, 3.63) is 23.8 Å². The number of fused-ring (bicyclic) bond motifs is 1. The van der Waals surface area contributed by atoms with Crippen LogP contribution in [0.25, 0.3) is 11.0 Å². The SMILES string of the molecule is O=C(NCCOCCN1C(=O)CCC1=O)c1ccc2nsnc2c1. The number of ether oxygens (including phenoxy) is 1. The van der Waals surface area contributed by atoms with E-state index in [1.807, 2.05) is 0 Å². The highest BCUT2D eigenvalue weighted by atomic mass is 32.1. The maximum Gasteiger partial charge on any atom is 0.251 e. The zero-order valence-electron chi connectivity index (χ0n) is 12.9. The minimum atomic E-state index is -0.210. The van der Waals surface area contributed by atoms with Gasteiger partial charge in [0.2, 0.25) is 11.8 Å². The number of amides is 3. The fourth-order valence-corrected chi connectivity index (χ4v) is 2.91. The Morgan fingerprint density at radius 2 is 1.92 bits per heavy atom. The summed E-state index contributed by atoms with van der Waals surface area (Å²) in [5.41, 5.74) is 1.98. The number of carbonyl (C=O) groups excluding carboxylic acids is 3. The zero-order chi connectivity index (χ0) is 16.9. The zero-order valence-corrected chi connectivity index (χ0v) is 13.7. The molecular formula is C15H16N4O4S. The van der Waals surface area contributed by atoms with E-state index in [4.69, 9.17) is 4.74 Å². The van der Waals surface area contributed by atoms with Crippen molar-refractivity contribution in [3.63, 3.8) is 0 Å². The molecule has 1 fully saturated rings. The summed E-state index contributed by atoms with van der Waals surface area (Å²) in [6.07, 6.45) is 0.571. The van der Waals surface area contributed by atoms with Gasteiger partial charge in [-0.25, -0.2) is 0 Å². The highest BCUT2D eigenvalue weighted by Gasteiger charge is 2.28. The lowest BCUT2D eigenvalue weighted by molar-refractivity contribution is -0.139. The van der Waals surface area contributed by atoms with E-state index in [0.717, 1.165) is 17.2 Å². The maximum absolute atomic E-state index is 12.0. The Balaban J connectivity index is 1.36. The van der Waals surface area contributed by atoms with Crippen LogP contribution in [0.3, 0.4) is 0 Å². The molecule has 0 bridgehead atoms. The predicted molar refractivity (Wildman–Crippen MR) is 86.5 cm³/mol. The van der Waals surface area contributed by atoms with Gasteiger partial charge in [0.15, 0.2) is 0 Å². The van der Waals surface area contributed by atoms with E-state index in [1.54, 1.807) is 18.2 Å². The molecule has 24 heavy (non-hydrogen) atoms. The van der Waals surface area contributed by atoms with Crippen molar-refractivity contribution in [2.45, 2.75) is 12.8 Å². The molecule has 2 heterocycles. The fraction of sp³-hybridized carbons (Fsp3) is 0.400. The lowest BCUT2D eigenvalue weighted by atomic mass is 10.2. The second kappa shape index (κ2) is 7.45. The number of aromatic nitrogens is 2. The number of hydrogen-bond donors (Lipinski definition) is 1. The van der Waals surface area contributed by atoms with Gasteiger partial charge in [-0.3, -0.25) is 19.3 Å². The first-order valence-corrected chi connectivity index (χ1v) is 8.29. The summed E-state index contributed by atoms with van der Waals surface area (Å²) >= 11 is 1.11. The molecule has 8 nitrogen and oxygen atoms in total. The first-order valence-electron chi connectivity index (χ1n) is 7.56. The number of nitrogens with zero attached hydrogens (tertiary/aromatic N) is 3. The summed E-state index contributed by atoms with van der Waals surface area (Å²) in [5, 5.41) is 2.75. The molecule has 0 saturated carbocycles. The summed E-state index contributed by atoms with van der Waals surface area (Å²) in [5.74, 6) is -0.508. The molecule has 2 aromatic rings. The van der Waals surface area contributed by atoms with E-state index in [9.17, 15) is 14.4 Å². The number of benzene rings is 1. The van der Waals surface area contributed by atoms with Gasteiger partial charge in [-0.05, 0) is 18.2 Å². The maximum atomic E-state index is 12.0. The molecule has 1 N–H and O–H groups in total. The van der Waals surface area contributed by atoms with Crippen LogP contribution in [-0.2, 0) is 14.3 Å². The average molecular weight is 348 g/mol. The minimum Gasteiger partial charge on any atom is -0.378 e. The minimum absolute atomic E-state index is 0.149. The van der Waals surface area contributed by atoms with Crippen molar-refractivity contribution in [2.24, 2.45) is 0 Å². The van der Waals surface area contributed by atoms with Gasteiger partial charge in [0, 0.05) is 24.9 Å². The van der Waals surface area contributed by atoms with Crippen LogP contribution in [0.5, 0.6) is 0 Å². The average Bonchev–Trinajstić information content (AvgIpc) is 3.17. The molecule has 3 amide bonds. The molecule has 3 rings (SSSR count). The smallest absolute Gasteiger partial charge is 0.251 e. The molecule has 126 valence electrons. The van der Waals surface area contributed by atoms with Crippen LogP contribution in [0, 0.1) is 0 Å². The molecule has 0 unspecified atom stereocenters. The summed E-state index contributed by atoms with van der Waals surface area (Å²) in [7, 11) is 0. The molecular weight excluding hydrogens is 332 g/mol. The molecule has 9 heteroatoms. The predicted octanol–water partition coefficient (Wildman–Crippen LogP) is 0.587. The van der Waals surface area contributed by atoms with Gasteiger partial charge in [-0.15, -0.1) is 0 Å². The first-order chi connectivity index (χ1) is 11.6. The molecule has 0 aliphatic carbocycles. The standard InChI is InChI=1S/C15H16N4O4S/c20-13-3-4-14(21)19(13)6-8-23-7-5-16-15(22)10-1-2-11-12(9-10)18-24-17-11/h1-2,9H,3-8H2,(H,16,22). The summed E-state index contributed by atoms with van der Waals surface area (Å²) in [6.45, 7) is 1.18. The largest absolute Gasteiger partial charge is 0.378 e. The number of nitrogens with one attached hydrogen (secondary N) is 1. The van der Waals surface area contributed by atoms with Crippen LogP contribution in [-0.4, -0.2) is 57.7 Å². The molecule has 0 radical (unpaired) electrons. The quantitative estimate of drug-likeness (QED) is 0.580. The molecule has 1 aromatic carbocycles. The van der Waals surface area contributed by atoms with Gasteiger partial charge < -0.3 is 10.1 Å². The van der Waals surface area contributed by atoms with Crippen LogP contribution in [0.4, 0.5) is 0 Å². The van der Waals surface area contributed by atoms with Gasteiger partial charge in [-0.2, -0.15) is 8.75 Å². The van der Waals surface area contributed by atoms with Crippen molar-refractivity contribution >= 4 is 40.5 Å². The highest BCUT2D eigenvalue weighted by molar-refractivity contribution is 7.00. The van der Waals surface area contributed by atoms with E-state index >= 15 is 0 Å². The molecule has 1 saturated heterocycles. The molecule has 0 spiro atoms. The molecule has 0 atom stereocenters. The number of rotatable bonds is 7. The van der Waals surface area contributed by atoms with Crippen molar-refractivity contribution in [3.8, 4) is 0 Å². The normalized spacial score (nSPS) is 14.6. The summed E-state index contributed by atoms with van der Waals surface area (Å²) in [4.78, 5) is 36.1. The van der Waals surface area contributed by atoms with E-state index in [0.29, 0.717) is 24.2 Å². The van der Waals surface area contributed by atoms with Crippen LogP contribution in [0.1, 0.15) is 23.2 Å². The van der Waals surface area contributed by atoms with E-state index in [1.165, 1.54) is 4.90 Å². The van der Waals surface area contributed by atoms with Crippen molar-refractivity contribution in [1.82, 2.24) is 19.0 Å². The van der Waals surface area contributed by atoms with Crippen molar-refractivity contribution < 1.29 is 19.1 Å². The third-order valence-electron chi connectivity index (χ3n) is 3.66. The van der Waals surface area contributed by atoms with Gasteiger partial charge in [-0.1, -0.05) is 0 Å². The van der Waals surface area contributed by atoms with E-state index in [2.05, 4.69) is 14.1 Å². The highest BCUT2D eigenvalue weighted by Crippen LogP contribution is 2.13. The number of carbonyl (C=O) groups is 3. The Bertz CT molecular complexity index is 760. The van der Waals surface area contributed by atoms with Crippen LogP contribution >= 0.6 is 11.7 Å². The van der Waals surface area contributed by atoms with Crippen molar-refractivity contribution in [2.75, 3.05) is 26.3 Å². The fourth-order valence-electron chi connectivity index (χ4n) is 2.39. The third kappa shape index (κ3) is 3.74. The lowest BCUT2D eigenvalue weighted by Gasteiger charge is -2.13. The number of imide groups is 1. The molecule has 1 aromatic heterocycles. The van der Waals surface area contributed by atoms with E-state index in [-0.39, 0.29) is 43.7 Å². The Morgan fingerprint density at radius 1 is 1.17 bits per heavy atom. The first kappa shape index (κ1) is 16.5. The third-order valence-corrected chi connectivity index (χ3v) is 4.22. The van der Waals surface area contributed by atoms with Gasteiger partial charge >= 0.3 is 0 Å². The second-order valence-electron chi connectivity index (χ2n) is 5.28. The lowest BCUT2D eigenvalue weighted by Crippen LogP contribution is -2.33. The second-order valence-corrected chi connectivity index (χ2v) is 5.80. The van der Waals surface area contributed by atoms with Gasteiger partial charge in [0.25, 0.3) is 5.91 Å². The Morgan fingerprint density at radius 3 is 2.71 bits per heavy atom. The molecule has 1 aliphatic heterocycles. The van der Waals surface area contributed by atoms with Crippen LogP contribution < -0.4 is 5.32 Å². The van der Waals surface area contributed by atoms with Crippen LogP contribution in [0.15, 0.2) is 18.2 Å². The Labute approximate surface area is 142 Å². The Kier molecular flexibility index (Phi) is 5.11. The summed E-state index contributed by atoms with van der Waals surface area (Å²) in [6, 6.07) is 5.15. The van der Waals surface area contributed by atoms with Crippen LogP contribution in [0.2, 0.25) is 0 Å². The monoisotopic (exact) mass is 348 g/mol.